The molecule has 10 heavy (non-hydrogen) atoms. The maximum absolute atomic E-state index is 8.76. The lowest BCUT2D eigenvalue weighted by Crippen LogP contribution is -2.16. The predicted octanol–water partition coefficient (Wildman–Crippen LogP) is 3.03. The first kappa shape index (κ1) is 7.64. The molecule has 0 amide bonds. The molecule has 0 saturated heterocycles. The minimum Gasteiger partial charge on any atom is -0.516 e. The monoisotopic (exact) mass is 140 g/mol. The summed E-state index contributed by atoms with van der Waals surface area (Å²) in [5.41, 5.74) is 1.64. The molecule has 0 aliphatic heterocycles. The highest BCUT2D eigenvalue weighted by Crippen LogP contribution is 2.37. The van der Waals surface area contributed by atoms with Crippen molar-refractivity contribution in [3.63, 3.8) is 0 Å². The van der Waals surface area contributed by atoms with Crippen LogP contribution in [0.5, 0.6) is 0 Å². The van der Waals surface area contributed by atoms with E-state index in [-0.39, 0.29) is 0 Å². The van der Waals surface area contributed by atoms with E-state index in [0.29, 0.717) is 5.41 Å². The van der Waals surface area contributed by atoms with Crippen molar-refractivity contribution >= 4 is 0 Å². The largest absolute Gasteiger partial charge is 0.516 e. The van der Waals surface area contributed by atoms with Crippen LogP contribution in [0, 0.1) is 5.41 Å². The van der Waals surface area contributed by atoms with Crippen molar-refractivity contribution in [3.8, 4) is 0 Å². The first-order valence-electron chi connectivity index (χ1n) is 3.96. The van der Waals surface area contributed by atoms with E-state index in [1.807, 2.05) is 0 Å². The molecule has 1 rings (SSSR count). The predicted molar refractivity (Wildman–Crippen MR) is 43.0 cm³/mol. The molecule has 0 unspecified atom stereocenters. The van der Waals surface area contributed by atoms with Crippen LogP contribution in [0.25, 0.3) is 0 Å². The number of aliphatic hydroxyl groups is 1. The zero-order valence-corrected chi connectivity index (χ0v) is 6.85. The Morgan fingerprint density at radius 3 is 2.60 bits per heavy atom. The SMILES string of the molecule is CC1(C)CCC/C(=C\O)C1. The van der Waals surface area contributed by atoms with Crippen LogP contribution < -0.4 is 0 Å². The minimum absolute atomic E-state index is 0.423. The van der Waals surface area contributed by atoms with Gasteiger partial charge in [0.1, 0.15) is 0 Å². The molecule has 0 aromatic rings. The Morgan fingerprint density at radius 2 is 2.20 bits per heavy atom. The van der Waals surface area contributed by atoms with Crippen LogP contribution in [0.4, 0.5) is 0 Å². The summed E-state index contributed by atoms with van der Waals surface area (Å²) in [6, 6.07) is 0. The van der Waals surface area contributed by atoms with Gasteiger partial charge in [0.15, 0.2) is 0 Å². The molecule has 0 radical (unpaired) electrons. The standard InChI is InChI=1S/C9H16O/c1-9(2)5-3-4-8(6-9)7-10/h7,10H,3-6H2,1-2H3/b8-7+. The van der Waals surface area contributed by atoms with E-state index in [2.05, 4.69) is 13.8 Å². The van der Waals surface area contributed by atoms with E-state index >= 15 is 0 Å². The average molecular weight is 140 g/mol. The molecule has 0 aromatic heterocycles. The number of allylic oxidation sites excluding steroid dienone is 1. The fourth-order valence-corrected chi connectivity index (χ4v) is 1.70. The molecule has 0 aromatic carbocycles. The summed E-state index contributed by atoms with van der Waals surface area (Å²) in [6.45, 7) is 4.52. The summed E-state index contributed by atoms with van der Waals surface area (Å²) in [4.78, 5) is 0. The maximum Gasteiger partial charge on any atom is 0.0783 e. The molecule has 0 heterocycles. The second-order valence-corrected chi connectivity index (χ2v) is 3.98. The molecule has 1 nitrogen and oxygen atoms in total. The van der Waals surface area contributed by atoms with Crippen molar-refractivity contribution in [2.24, 2.45) is 5.41 Å². The van der Waals surface area contributed by atoms with Crippen LogP contribution in [-0.4, -0.2) is 5.11 Å². The van der Waals surface area contributed by atoms with Gasteiger partial charge in [-0.05, 0) is 36.7 Å². The van der Waals surface area contributed by atoms with Crippen molar-refractivity contribution in [3.05, 3.63) is 11.8 Å². The van der Waals surface area contributed by atoms with Crippen molar-refractivity contribution < 1.29 is 5.11 Å². The average Bonchev–Trinajstić information content (AvgIpc) is 1.86. The third-order valence-electron chi connectivity index (χ3n) is 2.24. The number of rotatable bonds is 0. The van der Waals surface area contributed by atoms with Crippen LogP contribution in [0.1, 0.15) is 39.5 Å². The van der Waals surface area contributed by atoms with Crippen LogP contribution in [0.2, 0.25) is 0 Å². The highest BCUT2D eigenvalue weighted by atomic mass is 16.2. The highest BCUT2D eigenvalue weighted by molar-refractivity contribution is 5.04. The summed E-state index contributed by atoms with van der Waals surface area (Å²) in [5.74, 6) is 0. The molecule has 0 atom stereocenters. The Balaban J connectivity index is 2.56. The van der Waals surface area contributed by atoms with Crippen LogP contribution in [0.3, 0.4) is 0 Å². The molecule has 1 saturated carbocycles. The van der Waals surface area contributed by atoms with Crippen LogP contribution in [0.15, 0.2) is 11.8 Å². The Labute approximate surface area is 62.8 Å². The van der Waals surface area contributed by atoms with E-state index in [1.165, 1.54) is 24.7 Å². The fourth-order valence-electron chi connectivity index (χ4n) is 1.70. The lowest BCUT2D eigenvalue weighted by molar-refractivity contribution is 0.282. The Bertz CT molecular complexity index is 145. The maximum atomic E-state index is 8.76. The zero-order valence-electron chi connectivity index (χ0n) is 6.85. The second kappa shape index (κ2) is 2.65. The van der Waals surface area contributed by atoms with Gasteiger partial charge in [-0.2, -0.15) is 0 Å². The zero-order chi connectivity index (χ0) is 7.61. The van der Waals surface area contributed by atoms with Gasteiger partial charge in [-0.1, -0.05) is 13.8 Å². The van der Waals surface area contributed by atoms with Crippen molar-refractivity contribution in [1.82, 2.24) is 0 Å². The van der Waals surface area contributed by atoms with Gasteiger partial charge in [0.25, 0.3) is 0 Å². The fraction of sp³-hybridized carbons (Fsp3) is 0.778. The molecule has 1 heteroatoms. The first-order valence-corrected chi connectivity index (χ1v) is 3.96. The van der Waals surface area contributed by atoms with Gasteiger partial charge in [0.2, 0.25) is 0 Å². The molecular formula is C9H16O. The highest BCUT2D eigenvalue weighted by Gasteiger charge is 2.23. The molecule has 0 bridgehead atoms. The molecule has 1 fully saturated rings. The number of hydrogen-bond acceptors (Lipinski definition) is 1. The summed E-state index contributed by atoms with van der Waals surface area (Å²) >= 11 is 0. The Kier molecular flexibility index (Phi) is 2.02. The number of aliphatic hydroxyl groups excluding tert-OH is 1. The third-order valence-corrected chi connectivity index (χ3v) is 2.24. The van der Waals surface area contributed by atoms with Crippen LogP contribution in [-0.2, 0) is 0 Å². The minimum atomic E-state index is 0.423. The Hall–Kier alpha value is -0.460. The van der Waals surface area contributed by atoms with Crippen molar-refractivity contribution in [1.29, 1.82) is 0 Å². The lowest BCUT2D eigenvalue weighted by atomic mass is 9.75. The lowest BCUT2D eigenvalue weighted by Gasteiger charge is -2.30. The van der Waals surface area contributed by atoms with E-state index in [0.717, 1.165) is 12.8 Å². The molecule has 1 aliphatic rings. The van der Waals surface area contributed by atoms with E-state index in [4.69, 9.17) is 5.11 Å². The van der Waals surface area contributed by atoms with Gasteiger partial charge < -0.3 is 5.11 Å². The third kappa shape index (κ3) is 1.76. The quantitative estimate of drug-likeness (QED) is 0.513. The molecular weight excluding hydrogens is 124 g/mol. The number of hydrogen-bond donors (Lipinski definition) is 1. The van der Waals surface area contributed by atoms with Crippen molar-refractivity contribution in [2.45, 2.75) is 39.5 Å². The Morgan fingerprint density at radius 1 is 1.50 bits per heavy atom. The molecule has 0 spiro atoms. The molecule has 1 N–H and O–H groups in total. The summed E-state index contributed by atoms with van der Waals surface area (Å²) in [5, 5.41) is 8.76. The van der Waals surface area contributed by atoms with E-state index in [1.54, 1.807) is 0 Å². The summed E-state index contributed by atoms with van der Waals surface area (Å²) in [6.07, 6.45) is 5.99. The second-order valence-electron chi connectivity index (χ2n) is 3.98. The summed E-state index contributed by atoms with van der Waals surface area (Å²) in [7, 11) is 0. The normalized spacial score (nSPS) is 28.8. The van der Waals surface area contributed by atoms with Crippen LogP contribution >= 0.6 is 0 Å². The van der Waals surface area contributed by atoms with Gasteiger partial charge in [0, 0.05) is 0 Å². The summed E-state index contributed by atoms with van der Waals surface area (Å²) < 4.78 is 0. The molecule has 1 aliphatic carbocycles. The van der Waals surface area contributed by atoms with Crippen molar-refractivity contribution in [2.75, 3.05) is 0 Å². The molecule has 58 valence electrons. The van der Waals surface area contributed by atoms with Gasteiger partial charge >= 0.3 is 0 Å². The topological polar surface area (TPSA) is 20.2 Å². The van der Waals surface area contributed by atoms with E-state index in [9.17, 15) is 0 Å². The van der Waals surface area contributed by atoms with Gasteiger partial charge in [-0.25, -0.2) is 0 Å². The van der Waals surface area contributed by atoms with E-state index < -0.39 is 0 Å². The van der Waals surface area contributed by atoms with Gasteiger partial charge in [0.05, 0.1) is 6.26 Å². The van der Waals surface area contributed by atoms with Gasteiger partial charge in [-0.3, -0.25) is 0 Å². The smallest absolute Gasteiger partial charge is 0.0783 e. The van der Waals surface area contributed by atoms with Gasteiger partial charge in [-0.15, -0.1) is 0 Å². The first-order chi connectivity index (χ1) is 4.64.